The zero-order chi connectivity index (χ0) is 18.7. The summed E-state index contributed by atoms with van der Waals surface area (Å²) in [5.41, 5.74) is 0.859. The number of amides is 1. The lowest BCUT2D eigenvalue weighted by Gasteiger charge is -2.06. The van der Waals surface area contributed by atoms with E-state index in [2.05, 4.69) is 10.0 Å². The maximum absolute atomic E-state index is 12.1. The molecule has 8 heteroatoms. The summed E-state index contributed by atoms with van der Waals surface area (Å²) in [6, 6.07) is 14.2. The number of halogens is 1. The van der Waals surface area contributed by atoms with E-state index in [0.29, 0.717) is 16.4 Å². The second kappa shape index (κ2) is 7.49. The molecule has 26 heavy (non-hydrogen) atoms. The van der Waals surface area contributed by atoms with Crippen LogP contribution >= 0.6 is 22.9 Å². The molecule has 0 spiro atoms. The Labute approximate surface area is 160 Å². The van der Waals surface area contributed by atoms with Crippen LogP contribution in [0.5, 0.6) is 0 Å². The lowest BCUT2D eigenvalue weighted by molar-refractivity contribution is -0.111. The first-order chi connectivity index (χ1) is 12.3. The van der Waals surface area contributed by atoms with Gasteiger partial charge >= 0.3 is 0 Å². The first kappa shape index (κ1) is 18.4. The molecule has 0 radical (unpaired) electrons. The number of anilines is 2. The molecule has 0 unspecified atom stereocenters. The number of hydrogen-bond donors (Lipinski definition) is 2. The van der Waals surface area contributed by atoms with Crippen LogP contribution in [0.3, 0.4) is 0 Å². The highest BCUT2D eigenvalue weighted by Gasteiger charge is 2.08. The number of benzene rings is 2. The molecule has 0 aliphatic heterocycles. The number of rotatable bonds is 5. The van der Waals surface area contributed by atoms with Gasteiger partial charge in [-0.15, -0.1) is 11.3 Å². The highest BCUT2D eigenvalue weighted by atomic mass is 35.5. The summed E-state index contributed by atoms with van der Waals surface area (Å²) < 4.78 is 26.0. The van der Waals surface area contributed by atoms with Crippen LogP contribution in [0, 0.1) is 0 Å². The van der Waals surface area contributed by atoms with Gasteiger partial charge in [-0.05, 0) is 30.3 Å². The van der Waals surface area contributed by atoms with Crippen LogP contribution in [0.1, 0.15) is 4.88 Å². The Morgan fingerprint density at radius 2 is 1.85 bits per heavy atom. The van der Waals surface area contributed by atoms with Crippen molar-refractivity contribution in [3.8, 4) is 0 Å². The molecule has 0 fully saturated rings. The Bertz CT molecular complexity index is 1100. The van der Waals surface area contributed by atoms with Crippen molar-refractivity contribution in [2.24, 2.45) is 0 Å². The fourth-order valence-corrected chi connectivity index (χ4v) is 4.30. The van der Waals surface area contributed by atoms with E-state index in [0.717, 1.165) is 21.2 Å². The zero-order valence-corrected chi connectivity index (χ0v) is 16.1. The predicted molar refractivity (Wildman–Crippen MR) is 109 cm³/mol. The Balaban J connectivity index is 1.73. The number of fused-ring (bicyclic) bond motifs is 1. The summed E-state index contributed by atoms with van der Waals surface area (Å²) in [5.74, 6) is -0.338. The minimum atomic E-state index is -3.38. The molecule has 0 atom stereocenters. The quantitative estimate of drug-likeness (QED) is 0.609. The lowest BCUT2D eigenvalue weighted by atomic mass is 10.2. The molecule has 3 rings (SSSR count). The van der Waals surface area contributed by atoms with Gasteiger partial charge in [0.2, 0.25) is 15.9 Å². The van der Waals surface area contributed by atoms with Gasteiger partial charge in [-0.25, -0.2) is 8.42 Å². The standard InChI is InChI=1S/C18H15ClN2O3S2/c1-26(23,24)21-13-6-4-5-12(11-13)20-17(22)10-9-16-18(19)14-7-2-3-8-15(14)25-16/h2-11,21H,1H3,(H,20,22)/b10-9+. The molecule has 3 aromatic rings. The molecule has 0 saturated heterocycles. The van der Waals surface area contributed by atoms with E-state index >= 15 is 0 Å². The van der Waals surface area contributed by atoms with Gasteiger partial charge in [0.25, 0.3) is 0 Å². The van der Waals surface area contributed by atoms with Crippen LogP contribution in [-0.4, -0.2) is 20.6 Å². The number of hydrogen-bond acceptors (Lipinski definition) is 4. The second-order valence-corrected chi connectivity index (χ2v) is 8.76. The van der Waals surface area contributed by atoms with E-state index < -0.39 is 10.0 Å². The maximum atomic E-state index is 12.1. The van der Waals surface area contributed by atoms with Crippen molar-refractivity contribution in [1.29, 1.82) is 0 Å². The monoisotopic (exact) mass is 406 g/mol. The molecular formula is C18H15ClN2O3S2. The number of thiophene rings is 1. The van der Waals surface area contributed by atoms with Crippen LogP contribution in [0.25, 0.3) is 16.2 Å². The highest BCUT2D eigenvalue weighted by Crippen LogP contribution is 2.35. The van der Waals surface area contributed by atoms with Gasteiger partial charge in [0.1, 0.15) is 0 Å². The van der Waals surface area contributed by atoms with E-state index in [1.165, 1.54) is 17.4 Å². The van der Waals surface area contributed by atoms with Crippen molar-refractivity contribution in [2.75, 3.05) is 16.3 Å². The average Bonchev–Trinajstić information content (AvgIpc) is 2.88. The third-order valence-corrected chi connectivity index (χ3v) is 5.64. The van der Waals surface area contributed by atoms with Gasteiger partial charge < -0.3 is 5.32 Å². The maximum Gasteiger partial charge on any atom is 0.248 e. The summed E-state index contributed by atoms with van der Waals surface area (Å²) in [5, 5.41) is 4.27. The van der Waals surface area contributed by atoms with Gasteiger partial charge in [-0.3, -0.25) is 9.52 Å². The van der Waals surface area contributed by atoms with Crippen LogP contribution in [0.15, 0.2) is 54.6 Å². The second-order valence-electron chi connectivity index (χ2n) is 5.55. The van der Waals surface area contributed by atoms with Crippen LogP contribution < -0.4 is 10.0 Å². The van der Waals surface area contributed by atoms with Crippen LogP contribution in [-0.2, 0) is 14.8 Å². The van der Waals surface area contributed by atoms with Crippen molar-refractivity contribution in [3.63, 3.8) is 0 Å². The Morgan fingerprint density at radius 1 is 1.12 bits per heavy atom. The minimum Gasteiger partial charge on any atom is -0.322 e. The molecule has 0 aliphatic rings. The molecule has 0 aliphatic carbocycles. The molecule has 0 saturated carbocycles. The summed E-state index contributed by atoms with van der Waals surface area (Å²) in [6.07, 6.45) is 4.13. The molecule has 1 aromatic heterocycles. The van der Waals surface area contributed by atoms with E-state index in [4.69, 9.17) is 11.6 Å². The van der Waals surface area contributed by atoms with Crippen LogP contribution in [0.4, 0.5) is 11.4 Å². The fraction of sp³-hybridized carbons (Fsp3) is 0.0556. The molecule has 134 valence electrons. The molecule has 5 nitrogen and oxygen atoms in total. The first-order valence-corrected chi connectivity index (χ1v) is 10.6. The normalized spacial score (nSPS) is 11.8. The highest BCUT2D eigenvalue weighted by molar-refractivity contribution is 7.92. The molecule has 2 N–H and O–H groups in total. The summed E-state index contributed by atoms with van der Waals surface area (Å²) in [6.45, 7) is 0. The number of nitrogens with one attached hydrogen (secondary N) is 2. The average molecular weight is 407 g/mol. The predicted octanol–water partition coefficient (Wildman–Crippen LogP) is 4.58. The fourth-order valence-electron chi connectivity index (χ4n) is 2.35. The van der Waals surface area contributed by atoms with E-state index in [1.54, 1.807) is 30.3 Å². The Morgan fingerprint density at radius 3 is 2.58 bits per heavy atom. The third kappa shape index (κ3) is 4.63. The molecule has 1 heterocycles. The van der Waals surface area contributed by atoms with Gasteiger partial charge in [-0.1, -0.05) is 35.9 Å². The number of sulfonamides is 1. The number of carbonyl (C=O) groups excluding carboxylic acids is 1. The van der Waals surface area contributed by atoms with E-state index in [-0.39, 0.29) is 5.91 Å². The van der Waals surface area contributed by atoms with Gasteiger partial charge in [-0.2, -0.15) is 0 Å². The molecule has 1 amide bonds. The first-order valence-electron chi connectivity index (χ1n) is 7.56. The van der Waals surface area contributed by atoms with Crippen molar-refractivity contribution in [2.45, 2.75) is 0 Å². The van der Waals surface area contributed by atoms with Crippen LogP contribution in [0.2, 0.25) is 5.02 Å². The topological polar surface area (TPSA) is 75.3 Å². The minimum absolute atomic E-state index is 0.338. The smallest absolute Gasteiger partial charge is 0.248 e. The van der Waals surface area contributed by atoms with Crippen molar-refractivity contribution >= 4 is 66.4 Å². The zero-order valence-electron chi connectivity index (χ0n) is 13.7. The third-order valence-electron chi connectivity index (χ3n) is 3.38. The largest absolute Gasteiger partial charge is 0.322 e. The van der Waals surface area contributed by atoms with Gasteiger partial charge in [0.15, 0.2) is 0 Å². The molecular weight excluding hydrogens is 392 g/mol. The summed E-state index contributed by atoms with van der Waals surface area (Å²) >= 11 is 7.85. The van der Waals surface area contributed by atoms with Gasteiger partial charge in [0, 0.05) is 26.7 Å². The SMILES string of the molecule is CS(=O)(=O)Nc1cccc(NC(=O)/C=C/c2sc3ccccc3c2Cl)c1. The summed E-state index contributed by atoms with van der Waals surface area (Å²) in [4.78, 5) is 12.9. The van der Waals surface area contributed by atoms with Crippen molar-refractivity contribution in [3.05, 3.63) is 64.5 Å². The Hall–Kier alpha value is -2.35. The summed E-state index contributed by atoms with van der Waals surface area (Å²) in [7, 11) is -3.38. The number of carbonyl (C=O) groups is 1. The van der Waals surface area contributed by atoms with Crippen molar-refractivity contribution < 1.29 is 13.2 Å². The van der Waals surface area contributed by atoms with Gasteiger partial charge in [0.05, 0.1) is 17.0 Å². The lowest BCUT2D eigenvalue weighted by Crippen LogP contribution is -2.11. The van der Waals surface area contributed by atoms with Crippen molar-refractivity contribution in [1.82, 2.24) is 0 Å². The molecule has 0 bridgehead atoms. The van der Waals surface area contributed by atoms with E-state index in [9.17, 15) is 13.2 Å². The van der Waals surface area contributed by atoms with E-state index in [1.807, 2.05) is 24.3 Å². The Kier molecular flexibility index (Phi) is 5.31. The molecule has 2 aromatic carbocycles.